The number of carbonyl (C=O) groups excluding carboxylic acids is 1. The van der Waals surface area contributed by atoms with Crippen molar-refractivity contribution in [3.8, 4) is 17.6 Å². The van der Waals surface area contributed by atoms with Crippen molar-refractivity contribution < 1.29 is 19.4 Å². The van der Waals surface area contributed by atoms with Crippen molar-refractivity contribution in [2.45, 2.75) is 13.3 Å². The fourth-order valence-corrected chi connectivity index (χ4v) is 1.47. The summed E-state index contributed by atoms with van der Waals surface area (Å²) in [5, 5.41) is 18.5. The Labute approximate surface area is 99.2 Å². The van der Waals surface area contributed by atoms with E-state index >= 15 is 0 Å². The number of ether oxygens (including phenoxy) is 2. The molecule has 5 heteroatoms. The number of phenols is 1. The summed E-state index contributed by atoms with van der Waals surface area (Å²) in [5.74, 6) is -0.356. The van der Waals surface area contributed by atoms with Crippen LogP contribution < -0.4 is 4.74 Å². The van der Waals surface area contributed by atoms with Crippen molar-refractivity contribution in [1.29, 1.82) is 5.26 Å². The molecule has 0 aliphatic rings. The Morgan fingerprint density at radius 3 is 2.76 bits per heavy atom. The van der Waals surface area contributed by atoms with Crippen LogP contribution in [0.15, 0.2) is 12.1 Å². The number of nitrogens with zero attached hydrogens (tertiary/aromatic N) is 1. The highest BCUT2D eigenvalue weighted by molar-refractivity contribution is 5.75. The fraction of sp³-hybridized carbons (Fsp3) is 0.333. The summed E-state index contributed by atoms with van der Waals surface area (Å²) < 4.78 is 9.82. The number of nitriles is 1. The minimum Gasteiger partial charge on any atom is -0.508 e. The SMILES string of the molecule is CCOC(=O)Cc1c(O)ccc(C#N)c1OC. The van der Waals surface area contributed by atoms with Gasteiger partial charge < -0.3 is 14.6 Å². The summed E-state index contributed by atoms with van der Waals surface area (Å²) in [6.45, 7) is 1.96. The Kier molecular flexibility index (Phi) is 4.35. The van der Waals surface area contributed by atoms with Crippen LogP contribution in [0.2, 0.25) is 0 Å². The van der Waals surface area contributed by atoms with E-state index in [1.165, 1.54) is 19.2 Å². The average Bonchev–Trinajstić information content (AvgIpc) is 2.31. The van der Waals surface area contributed by atoms with Crippen LogP contribution in [0, 0.1) is 11.3 Å². The number of hydrogen-bond donors (Lipinski definition) is 1. The van der Waals surface area contributed by atoms with E-state index in [1.807, 2.05) is 6.07 Å². The van der Waals surface area contributed by atoms with Crippen LogP contribution in [0.1, 0.15) is 18.1 Å². The van der Waals surface area contributed by atoms with Crippen molar-refractivity contribution in [1.82, 2.24) is 0 Å². The van der Waals surface area contributed by atoms with Gasteiger partial charge in [0.15, 0.2) is 0 Å². The molecule has 17 heavy (non-hydrogen) atoms. The summed E-state index contributed by atoms with van der Waals surface area (Å²) in [5.41, 5.74) is 0.537. The second kappa shape index (κ2) is 5.75. The normalized spacial score (nSPS) is 9.47. The maximum absolute atomic E-state index is 11.4. The number of esters is 1. The monoisotopic (exact) mass is 235 g/mol. The molecule has 0 atom stereocenters. The first-order valence-corrected chi connectivity index (χ1v) is 5.08. The van der Waals surface area contributed by atoms with Crippen LogP contribution in [0.5, 0.6) is 11.5 Å². The topological polar surface area (TPSA) is 79.5 Å². The number of hydrogen-bond acceptors (Lipinski definition) is 5. The molecule has 0 spiro atoms. The summed E-state index contributed by atoms with van der Waals surface area (Å²) >= 11 is 0. The lowest BCUT2D eigenvalue weighted by atomic mass is 10.1. The number of rotatable bonds is 4. The Hall–Kier alpha value is -2.22. The average molecular weight is 235 g/mol. The van der Waals surface area contributed by atoms with Crippen LogP contribution >= 0.6 is 0 Å². The lowest BCUT2D eigenvalue weighted by Gasteiger charge is -2.11. The third kappa shape index (κ3) is 2.88. The van der Waals surface area contributed by atoms with Gasteiger partial charge in [-0.15, -0.1) is 0 Å². The number of benzene rings is 1. The van der Waals surface area contributed by atoms with Crippen LogP contribution in [-0.4, -0.2) is 24.8 Å². The number of methoxy groups -OCH3 is 1. The molecule has 0 heterocycles. The molecule has 1 N–H and O–H groups in total. The molecule has 0 radical (unpaired) electrons. The smallest absolute Gasteiger partial charge is 0.310 e. The third-order valence-electron chi connectivity index (χ3n) is 2.19. The van der Waals surface area contributed by atoms with Crippen molar-refractivity contribution in [3.05, 3.63) is 23.3 Å². The predicted octanol–water partition coefficient (Wildman–Crippen LogP) is 1.38. The molecule has 0 unspecified atom stereocenters. The van der Waals surface area contributed by atoms with E-state index in [1.54, 1.807) is 6.92 Å². The zero-order valence-electron chi connectivity index (χ0n) is 9.69. The first-order chi connectivity index (χ1) is 8.13. The molecular weight excluding hydrogens is 222 g/mol. The maximum atomic E-state index is 11.4. The van der Waals surface area contributed by atoms with Crippen molar-refractivity contribution >= 4 is 5.97 Å². The first-order valence-electron chi connectivity index (χ1n) is 5.08. The van der Waals surface area contributed by atoms with E-state index in [9.17, 15) is 9.90 Å². The molecule has 1 aromatic rings. The van der Waals surface area contributed by atoms with Gasteiger partial charge in [-0.3, -0.25) is 4.79 Å². The third-order valence-corrected chi connectivity index (χ3v) is 2.19. The van der Waals surface area contributed by atoms with Crippen molar-refractivity contribution in [2.24, 2.45) is 0 Å². The second-order valence-corrected chi connectivity index (χ2v) is 3.24. The molecule has 0 bridgehead atoms. The molecule has 0 saturated heterocycles. The van der Waals surface area contributed by atoms with Crippen LogP contribution in [0.4, 0.5) is 0 Å². The second-order valence-electron chi connectivity index (χ2n) is 3.24. The largest absolute Gasteiger partial charge is 0.508 e. The van der Waals surface area contributed by atoms with E-state index in [-0.39, 0.29) is 35.7 Å². The fourth-order valence-electron chi connectivity index (χ4n) is 1.47. The van der Waals surface area contributed by atoms with Gasteiger partial charge in [0.2, 0.25) is 0 Å². The molecule has 0 amide bonds. The van der Waals surface area contributed by atoms with E-state index in [2.05, 4.69) is 0 Å². The summed E-state index contributed by atoms with van der Waals surface area (Å²) in [4.78, 5) is 11.4. The summed E-state index contributed by atoms with van der Waals surface area (Å²) in [6, 6.07) is 4.72. The molecule has 1 rings (SSSR count). The Morgan fingerprint density at radius 2 is 2.24 bits per heavy atom. The minimum absolute atomic E-state index is 0.0890. The quantitative estimate of drug-likeness (QED) is 0.797. The molecule has 5 nitrogen and oxygen atoms in total. The molecule has 1 aromatic carbocycles. The van der Waals surface area contributed by atoms with Gasteiger partial charge in [0, 0.05) is 5.56 Å². The van der Waals surface area contributed by atoms with E-state index < -0.39 is 5.97 Å². The molecule has 0 fully saturated rings. The number of carbonyl (C=O) groups is 1. The van der Waals surface area contributed by atoms with Crippen molar-refractivity contribution in [2.75, 3.05) is 13.7 Å². The zero-order chi connectivity index (χ0) is 12.8. The standard InChI is InChI=1S/C12H13NO4/c1-3-17-11(15)6-9-10(14)5-4-8(7-13)12(9)16-2/h4-5,14H,3,6H2,1-2H3. The number of aromatic hydroxyl groups is 1. The zero-order valence-corrected chi connectivity index (χ0v) is 9.69. The highest BCUT2D eigenvalue weighted by Gasteiger charge is 2.17. The highest BCUT2D eigenvalue weighted by atomic mass is 16.5. The minimum atomic E-state index is -0.476. The summed E-state index contributed by atoms with van der Waals surface area (Å²) in [6.07, 6.45) is -0.127. The molecule has 0 saturated carbocycles. The van der Waals surface area contributed by atoms with Crippen LogP contribution in [0.3, 0.4) is 0 Å². The van der Waals surface area contributed by atoms with E-state index in [0.29, 0.717) is 0 Å². The number of phenolic OH excluding ortho intramolecular Hbond substituents is 1. The molecule has 0 aliphatic heterocycles. The Morgan fingerprint density at radius 1 is 1.53 bits per heavy atom. The predicted molar refractivity (Wildman–Crippen MR) is 59.7 cm³/mol. The van der Waals surface area contributed by atoms with Gasteiger partial charge in [-0.05, 0) is 19.1 Å². The van der Waals surface area contributed by atoms with Crippen LogP contribution in [0.25, 0.3) is 0 Å². The molecule has 0 aliphatic carbocycles. The van der Waals surface area contributed by atoms with Gasteiger partial charge in [0.05, 0.1) is 25.7 Å². The lowest BCUT2D eigenvalue weighted by molar-refractivity contribution is -0.142. The van der Waals surface area contributed by atoms with Gasteiger partial charge in [0.25, 0.3) is 0 Å². The lowest BCUT2D eigenvalue weighted by Crippen LogP contribution is -2.09. The maximum Gasteiger partial charge on any atom is 0.310 e. The van der Waals surface area contributed by atoms with Gasteiger partial charge in [-0.25, -0.2) is 0 Å². The van der Waals surface area contributed by atoms with Gasteiger partial charge in [-0.1, -0.05) is 0 Å². The van der Waals surface area contributed by atoms with E-state index in [4.69, 9.17) is 14.7 Å². The van der Waals surface area contributed by atoms with Crippen molar-refractivity contribution in [3.63, 3.8) is 0 Å². The molecule has 90 valence electrons. The van der Waals surface area contributed by atoms with E-state index in [0.717, 1.165) is 0 Å². The van der Waals surface area contributed by atoms with Crippen LogP contribution in [-0.2, 0) is 16.0 Å². The van der Waals surface area contributed by atoms with Gasteiger partial charge >= 0.3 is 5.97 Å². The molecular formula is C12H13NO4. The van der Waals surface area contributed by atoms with Gasteiger partial charge in [0.1, 0.15) is 17.6 Å². The highest BCUT2D eigenvalue weighted by Crippen LogP contribution is 2.31. The first kappa shape index (κ1) is 12.8. The Balaban J connectivity index is 3.13. The van der Waals surface area contributed by atoms with Gasteiger partial charge in [-0.2, -0.15) is 5.26 Å². The summed E-state index contributed by atoms with van der Waals surface area (Å²) in [7, 11) is 1.38. The molecule has 0 aromatic heterocycles. The Bertz CT molecular complexity index is 462.